The molecule has 1 amide bonds. The largest absolute Gasteiger partial charge is 0.491 e. The monoisotopic (exact) mass is 739 g/mol. The molecule has 4 aliphatic rings. The van der Waals surface area contributed by atoms with Crippen LogP contribution in [0.4, 0.5) is 24.0 Å². The van der Waals surface area contributed by atoms with Crippen LogP contribution in [0, 0.1) is 28.9 Å². The zero-order valence-corrected chi connectivity index (χ0v) is 29.8. The first-order chi connectivity index (χ1) is 24.5. The number of fused-ring (bicyclic) bond motifs is 4. The molecule has 0 bridgehead atoms. The first-order valence-electron chi connectivity index (χ1n) is 17.3. The number of thiophene rings is 1. The summed E-state index contributed by atoms with van der Waals surface area (Å²) in [6.07, 6.45) is 1.68. The summed E-state index contributed by atoms with van der Waals surface area (Å²) >= 11 is 7.99. The second-order valence-electron chi connectivity index (χ2n) is 14.4. The number of alkyl halides is 1. The van der Waals surface area contributed by atoms with Gasteiger partial charge in [0.25, 0.3) is 0 Å². The molecule has 4 aliphatic heterocycles. The highest BCUT2D eigenvalue weighted by Gasteiger charge is 2.49. The third kappa shape index (κ3) is 5.59. The molecule has 15 heteroatoms. The highest BCUT2D eigenvalue weighted by molar-refractivity contribution is 7.23. The number of hydrogen-bond acceptors (Lipinski definition) is 10. The van der Waals surface area contributed by atoms with Gasteiger partial charge in [0.05, 0.1) is 32.8 Å². The van der Waals surface area contributed by atoms with Crippen LogP contribution in [0.2, 0.25) is 5.02 Å². The summed E-state index contributed by atoms with van der Waals surface area (Å²) in [6, 6.07) is 4.18. The van der Waals surface area contributed by atoms with Crippen LogP contribution >= 0.6 is 22.9 Å². The van der Waals surface area contributed by atoms with Crippen molar-refractivity contribution in [1.29, 1.82) is 5.26 Å². The first kappa shape index (κ1) is 34.0. The fraction of sp³-hybridized carbons (Fsp3) is 0.500. The fourth-order valence-electron chi connectivity index (χ4n) is 8.48. The Bertz CT molecular complexity index is 2130. The zero-order valence-electron chi connectivity index (χ0n) is 28.3. The average molecular weight is 740 g/mol. The summed E-state index contributed by atoms with van der Waals surface area (Å²) in [4.78, 5) is 28.9. The molecule has 3 atom stereocenters. The van der Waals surface area contributed by atoms with Crippen molar-refractivity contribution >= 4 is 60.7 Å². The Morgan fingerprint density at radius 3 is 2.84 bits per heavy atom. The number of aromatic nitrogens is 2. The van der Waals surface area contributed by atoms with Crippen molar-refractivity contribution in [3.63, 3.8) is 0 Å². The van der Waals surface area contributed by atoms with Crippen LogP contribution < -0.4 is 20.1 Å². The Morgan fingerprint density at radius 1 is 1.24 bits per heavy atom. The molecular weight excluding hydrogens is 703 g/mol. The number of nitrogens with zero attached hydrogens (tertiary/aromatic N) is 6. The van der Waals surface area contributed by atoms with Crippen molar-refractivity contribution < 1.29 is 27.4 Å². The van der Waals surface area contributed by atoms with Gasteiger partial charge in [0.15, 0.2) is 11.6 Å². The third-order valence-electron chi connectivity index (χ3n) is 10.7. The van der Waals surface area contributed by atoms with Gasteiger partial charge in [0.1, 0.15) is 41.0 Å². The number of carbonyl (C=O) groups excluding carboxylic acids is 1. The number of rotatable bonds is 6. The average Bonchev–Trinajstić information content (AvgIpc) is 3.70. The van der Waals surface area contributed by atoms with Gasteiger partial charge in [-0.2, -0.15) is 15.2 Å². The Morgan fingerprint density at radius 2 is 2.06 bits per heavy atom. The summed E-state index contributed by atoms with van der Waals surface area (Å²) in [5.74, 6) is -0.710. The van der Waals surface area contributed by atoms with E-state index >= 15 is 8.78 Å². The maximum Gasteiger partial charge on any atom is 0.319 e. The van der Waals surface area contributed by atoms with Gasteiger partial charge in [0, 0.05) is 62.4 Å². The Hall–Kier alpha value is -4.06. The number of amides is 1. The number of carbonyl (C=O) groups is 1. The highest BCUT2D eigenvalue weighted by atomic mass is 35.5. The maximum absolute atomic E-state index is 17.4. The predicted octanol–water partition coefficient (Wildman–Crippen LogP) is 6.70. The lowest BCUT2D eigenvalue weighted by atomic mass is 9.95. The molecule has 268 valence electrons. The molecule has 3 fully saturated rings. The van der Waals surface area contributed by atoms with E-state index in [4.69, 9.17) is 31.8 Å². The van der Waals surface area contributed by atoms with E-state index in [2.05, 4.69) is 23.7 Å². The van der Waals surface area contributed by atoms with E-state index < -0.39 is 23.3 Å². The molecule has 6 heterocycles. The minimum Gasteiger partial charge on any atom is -0.491 e. The highest BCUT2D eigenvalue weighted by Crippen LogP contribution is 2.51. The minimum absolute atomic E-state index is 0.0159. The van der Waals surface area contributed by atoms with E-state index in [-0.39, 0.29) is 97.0 Å². The predicted molar refractivity (Wildman–Crippen MR) is 190 cm³/mol. The van der Waals surface area contributed by atoms with Gasteiger partial charge in [0.2, 0.25) is 5.91 Å². The molecular formula is C36H37ClF3N7O3S. The van der Waals surface area contributed by atoms with Gasteiger partial charge < -0.3 is 25.0 Å². The number of nitriles is 1. The fourth-order valence-corrected chi connectivity index (χ4v) is 9.76. The quantitative estimate of drug-likeness (QED) is 0.230. The van der Waals surface area contributed by atoms with E-state index in [1.807, 2.05) is 15.9 Å². The number of nitrogen functional groups attached to an aromatic ring is 1. The van der Waals surface area contributed by atoms with E-state index in [9.17, 15) is 14.4 Å². The Kier molecular flexibility index (Phi) is 8.59. The number of nitrogens with two attached hydrogens (primary N) is 1. The molecule has 1 unspecified atom stereocenters. The van der Waals surface area contributed by atoms with Crippen molar-refractivity contribution in [2.45, 2.75) is 63.7 Å². The molecule has 0 aliphatic carbocycles. The molecule has 2 N–H and O–H groups in total. The van der Waals surface area contributed by atoms with Crippen LogP contribution in [0.1, 0.15) is 51.5 Å². The second-order valence-corrected chi connectivity index (χ2v) is 15.9. The van der Waals surface area contributed by atoms with Crippen molar-refractivity contribution in [2.24, 2.45) is 5.92 Å². The van der Waals surface area contributed by atoms with E-state index in [0.717, 1.165) is 30.7 Å². The number of hydrogen-bond donors (Lipinski definition) is 1. The molecule has 0 spiro atoms. The molecule has 2 aromatic heterocycles. The SMILES string of the molecule is CC(C)CN1CCN2c3nc(OC[C@@]45CCCN4C[C@H](F)C5)nc4c(F)c(-c5ccc(F)c6sc(N)c(C#N)c56)c(Cl)c(c34)OCCC2CC1=O. The molecule has 0 saturated carbocycles. The normalized spacial score (nSPS) is 23.6. The maximum atomic E-state index is 17.4. The van der Waals surface area contributed by atoms with Gasteiger partial charge in [-0.25, -0.2) is 13.2 Å². The first-order valence-corrected chi connectivity index (χ1v) is 18.5. The summed E-state index contributed by atoms with van der Waals surface area (Å²) < 4.78 is 59.8. The van der Waals surface area contributed by atoms with Crippen LogP contribution in [-0.4, -0.2) is 89.4 Å². The lowest BCUT2D eigenvalue weighted by Gasteiger charge is -2.34. The van der Waals surface area contributed by atoms with Gasteiger partial charge in [-0.05, 0) is 36.9 Å². The van der Waals surface area contributed by atoms with Crippen LogP contribution in [0.25, 0.3) is 32.1 Å². The summed E-state index contributed by atoms with van der Waals surface area (Å²) in [5, 5.41) is 10.3. The summed E-state index contributed by atoms with van der Waals surface area (Å²) in [6.45, 7) is 6.95. The van der Waals surface area contributed by atoms with Gasteiger partial charge >= 0.3 is 6.01 Å². The molecule has 0 radical (unpaired) electrons. The number of anilines is 2. The molecule has 2 aromatic carbocycles. The van der Waals surface area contributed by atoms with Gasteiger partial charge in [-0.1, -0.05) is 31.5 Å². The van der Waals surface area contributed by atoms with Crippen molar-refractivity contribution in [3.05, 3.63) is 34.4 Å². The van der Waals surface area contributed by atoms with E-state index in [1.165, 1.54) is 12.1 Å². The molecule has 51 heavy (non-hydrogen) atoms. The number of benzene rings is 2. The van der Waals surface area contributed by atoms with Crippen molar-refractivity contribution in [3.8, 4) is 29.0 Å². The third-order valence-corrected chi connectivity index (χ3v) is 12.1. The lowest BCUT2D eigenvalue weighted by Crippen LogP contribution is -2.43. The molecule has 8 rings (SSSR count). The number of ether oxygens (including phenoxy) is 2. The Labute approximate surface area is 301 Å². The van der Waals surface area contributed by atoms with Crippen LogP contribution in [0.15, 0.2) is 12.1 Å². The van der Waals surface area contributed by atoms with Crippen LogP contribution in [-0.2, 0) is 4.79 Å². The summed E-state index contributed by atoms with van der Waals surface area (Å²) in [5.41, 5.74) is 5.51. The van der Waals surface area contributed by atoms with Gasteiger partial charge in [-0.15, -0.1) is 11.3 Å². The zero-order chi connectivity index (χ0) is 35.8. The van der Waals surface area contributed by atoms with Crippen molar-refractivity contribution in [2.75, 3.05) is 56.6 Å². The van der Waals surface area contributed by atoms with E-state index in [1.54, 1.807) is 0 Å². The van der Waals surface area contributed by atoms with Crippen molar-refractivity contribution in [1.82, 2.24) is 19.8 Å². The molecule has 10 nitrogen and oxygen atoms in total. The van der Waals surface area contributed by atoms with Crippen LogP contribution in [0.5, 0.6) is 11.8 Å². The van der Waals surface area contributed by atoms with E-state index in [0.29, 0.717) is 44.8 Å². The summed E-state index contributed by atoms with van der Waals surface area (Å²) in [7, 11) is 0. The Balaban J connectivity index is 1.34. The van der Waals surface area contributed by atoms with Crippen LogP contribution in [0.3, 0.4) is 0 Å². The molecule has 3 saturated heterocycles. The smallest absolute Gasteiger partial charge is 0.319 e. The minimum atomic E-state index is -0.970. The number of halogens is 4. The topological polar surface area (TPSA) is 121 Å². The lowest BCUT2D eigenvalue weighted by molar-refractivity contribution is -0.131. The second kappa shape index (κ2) is 12.9. The van der Waals surface area contributed by atoms with Gasteiger partial charge in [-0.3, -0.25) is 9.69 Å². The molecule has 4 aromatic rings. The standard InChI is InChI=1S/C36H37ClF3N7O3S/c1-18(2)15-45-9-10-47-20(12-24(45)48)6-11-49-31-27-30(43-35(44-34(27)47)50-17-36-7-3-8-46(36)16-19(38)13-36)29(40)26(28(31)37)21-4-5-23(39)32-25(21)22(14-41)33(42)51-32/h4-5,18-20H,3,6-13,15-17,42H2,1-2H3/t19-,20?,36+/m1/s1.